The zero-order valence-corrected chi connectivity index (χ0v) is 8.41. The van der Waals surface area contributed by atoms with E-state index in [1.165, 1.54) is 0 Å². The lowest BCUT2D eigenvalue weighted by Gasteiger charge is -1.97. The highest BCUT2D eigenvalue weighted by atomic mass is 14.9. The van der Waals surface area contributed by atoms with Gasteiger partial charge in [-0.2, -0.15) is 0 Å². The van der Waals surface area contributed by atoms with Crippen LogP contribution < -0.4 is 0 Å². The van der Waals surface area contributed by atoms with Crippen LogP contribution in [0.25, 0.3) is 6.08 Å². The van der Waals surface area contributed by atoms with Gasteiger partial charge in [-0.25, -0.2) is 15.0 Å². The zero-order chi connectivity index (χ0) is 10.3. The van der Waals surface area contributed by atoms with Crippen LogP contribution >= 0.6 is 0 Å². The lowest BCUT2D eigenvalue weighted by Crippen LogP contribution is -1.88. The SMILES string of the molecule is C=Cc1nc(C)cnc1N=C.CC. The zero-order valence-electron chi connectivity index (χ0n) is 8.41. The molecule has 3 nitrogen and oxygen atoms in total. The molecule has 0 atom stereocenters. The highest BCUT2D eigenvalue weighted by molar-refractivity contribution is 5.57. The third-order valence-corrected chi connectivity index (χ3v) is 1.24. The van der Waals surface area contributed by atoms with Crippen molar-refractivity contribution in [2.24, 2.45) is 4.99 Å². The molecule has 0 bridgehead atoms. The smallest absolute Gasteiger partial charge is 0.177 e. The third-order valence-electron chi connectivity index (χ3n) is 1.24. The molecular formula is C10H15N3. The molecule has 1 rings (SSSR count). The Morgan fingerprint density at radius 3 is 2.54 bits per heavy atom. The highest BCUT2D eigenvalue weighted by Gasteiger charge is 1.98. The van der Waals surface area contributed by atoms with Crippen LogP contribution in [0.2, 0.25) is 0 Å². The van der Waals surface area contributed by atoms with Gasteiger partial charge in [0.2, 0.25) is 0 Å². The van der Waals surface area contributed by atoms with E-state index in [-0.39, 0.29) is 0 Å². The first kappa shape index (κ1) is 11.5. The molecule has 1 aromatic heterocycles. The van der Waals surface area contributed by atoms with E-state index in [4.69, 9.17) is 0 Å². The predicted octanol–water partition coefficient (Wildman–Crippen LogP) is 2.79. The molecular weight excluding hydrogens is 162 g/mol. The number of rotatable bonds is 2. The van der Waals surface area contributed by atoms with Crippen LogP contribution in [0.4, 0.5) is 5.82 Å². The maximum atomic E-state index is 4.15. The van der Waals surface area contributed by atoms with Gasteiger partial charge in [-0.3, -0.25) is 0 Å². The van der Waals surface area contributed by atoms with Crippen LogP contribution in [0.15, 0.2) is 17.8 Å². The maximum Gasteiger partial charge on any atom is 0.177 e. The first-order valence-corrected chi connectivity index (χ1v) is 4.20. The van der Waals surface area contributed by atoms with Crippen molar-refractivity contribution in [2.45, 2.75) is 20.8 Å². The van der Waals surface area contributed by atoms with E-state index in [9.17, 15) is 0 Å². The molecule has 1 heterocycles. The van der Waals surface area contributed by atoms with Crippen molar-refractivity contribution in [2.75, 3.05) is 0 Å². The first-order valence-electron chi connectivity index (χ1n) is 4.20. The van der Waals surface area contributed by atoms with Crippen molar-refractivity contribution in [3.05, 3.63) is 24.2 Å². The minimum atomic E-state index is 0.533. The van der Waals surface area contributed by atoms with Crippen molar-refractivity contribution >= 4 is 18.6 Å². The predicted molar refractivity (Wildman–Crippen MR) is 57.4 cm³/mol. The largest absolute Gasteiger partial charge is 0.248 e. The Hall–Kier alpha value is -1.51. The second-order valence-corrected chi connectivity index (χ2v) is 2.08. The number of aromatic nitrogens is 2. The molecule has 0 saturated heterocycles. The van der Waals surface area contributed by atoms with Gasteiger partial charge in [0.05, 0.1) is 11.9 Å². The number of nitrogens with zero attached hydrogens (tertiary/aromatic N) is 3. The minimum Gasteiger partial charge on any atom is -0.248 e. The van der Waals surface area contributed by atoms with Crippen molar-refractivity contribution < 1.29 is 0 Å². The Morgan fingerprint density at radius 2 is 2.08 bits per heavy atom. The van der Waals surface area contributed by atoms with Crippen molar-refractivity contribution in [1.29, 1.82) is 0 Å². The fraction of sp³-hybridized carbons (Fsp3) is 0.300. The fourth-order valence-corrected chi connectivity index (χ4v) is 0.748. The number of hydrogen-bond donors (Lipinski definition) is 0. The van der Waals surface area contributed by atoms with Gasteiger partial charge >= 0.3 is 0 Å². The Kier molecular flexibility index (Phi) is 5.35. The van der Waals surface area contributed by atoms with E-state index in [1.807, 2.05) is 20.8 Å². The van der Waals surface area contributed by atoms with Crippen molar-refractivity contribution in [1.82, 2.24) is 9.97 Å². The van der Waals surface area contributed by atoms with E-state index < -0.39 is 0 Å². The molecule has 0 aromatic carbocycles. The van der Waals surface area contributed by atoms with Crippen molar-refractivity contribution in [3.8, 4) is 0 Å². The molecule has 0 spiro atoms. The summed E-state index contributed by atoms with van der Waals surface area (Å²) in [6, 6.07) is 0. The van der Waals surface area contributed by atoms with Crippen LogP contribution in [0, 0.1) is 6.92 Å². The molecule has 0 unspecified atom stereocenters. The second-order valence-electron chi connectivity index (χ2n) is 2.08. The third kappa shape index (κ3) is 3.15. The fourth-order valence-electron chi connectivity index (χ4n) is 0.748. The molecule has 13 heavy (non-hydrogen) atoms. The van der Waals surface area contributed by atoms with Gasteiger partial charge in [0.25, 0.3) is 0 Å². The molecule has 1 aromatic rings. The molecule has 3 heteroatoms. The summed E-state index contributed by atoms with van der Waals surface area (Å²) in [4.78, 5) is 11.8. The molecule has 0 fully saturated rings. The standard InChI is InChI=1S/C8H9N3.C2H6/c1-4-7-8(9-3)10-5-6(2)11-7;1-2/h4-5H,1,3H2,2H3;1-2H3. The highest BCUT2D eigenvalue weighted by Crippen LogP contribution is 2.13. The quantitative estimate of drug-likeness (QED) is 0.651. The summed E-state index contributed by atoms with van der Waals surface area (Å²) < 4.78 is 0. The van der Waals surface area contributed by atoms with Crippen LogP contribution in [0.3, 0.4) is 0 Å². The average molecular weight is 177 g/mol. The number of aryl methyl sites for hydroxylation is 1. The van der Waals surface area contributed by atoms with E-state index in [0.717, 1.165) is 5.69 Å². The van der Waals surface area contributed by atoms with Gasteiger partial charge in [-0.15, -0.1) is 0 Å². The van der Waals surface area contributed by atoms with Crippen molar-refractivity contribution in [3.63, 3.8) is 0 Å². The number of hydrogen-bond acceptors (Lipinski definition) is 3. The summed E-state index contributed by atoms with van der Waals surface area (Å²) in [5, 5.41) is 0. The molecule has 0 N–H and O–H groups in total. The van der Waals surface area contributed by atoms with Gasteiger partial charge in [-0.1, -0.05) is 20.4 Å². The summed E-state index contributed by atoms with van der Waals surface area (Å²) in [6.07, 6.45) is 3.26. The van der Waals surface area contributed by atoms with Gasteiger partial charge in [0.15, 0.2) is 5.82 Å². The Balaban J connectivity index is 0.000000671. The topological polar surface area (TPSA) is 38.1 Å². The Labute approximate surface area is 79.3 Å². The van der Waals surface area contributed by atoms with Crippen LogP contribution in [-0.4, -0.2) is 16.7 Å². The first-order chi connectivity index (χ1) is 6.27. The van der Waals surface area contributed by atoms with Crippen LogP contribution in [0.1, 0.15) is 25.2 Å². The minimum absolute atomic E-state index is 0.533. The molecule has 0 amide bonds. The molecule has 0 saturated carbocycles. The van der Waals surface area contributed by atoms with E-state index in [1.54, 1.807) is 12.3 Å². The number of aliphatic imine (C=N–C) groups is 1. The van der Waals surface area contributed by atoms with Crippen LogP contribution in [-0.2, 0) is 0 Å². The Bertz CT molecular complexity index is 292. The molecule has 70 valence electrons. The summed E-state index contributed by atoms with van der Waals surface area (Å²) in [5.41, 5.74) is 1.53. The van der Waals surface area contributed by atoms with E-state index in [2.05, 4.69) is 28.3 Å². The lowest BCUT2D eigenvalue weighted by molar-refractivity contribution is 1.09. The van der Waals surface area contributed by atoms with E-state index in [0.29, 0.717) is 11.5 Å². The maximum absolute atomic E-state index is 4.15. The average Bonchev–Trinajstić information content (AvgIpc) is 2.20. The monoisotopic (exact) mass is 177 g/mol. The summed E-state index contributed by atoms with van der Waals surface area (Å²) in [5.74, 6) is 0.533. The lowest BCUT2D eigenvalue weighted by atomic mass is 10.4. The molecule has 0 aliphatic rings. The summed E-state index contributed by atoms with van der Waals surface area (Å²) in [7, 11) is 0. The van der Waals surface area contributed by atoms with Gasteiger partial charge in [0, 0.05) is 0 Å². The molecule has 0 radical (unpaired) electrons. The summed E-state index contributed by atoms with van der Waals surface area (Å²) in [6.45, 7) is 12.8. The molecule has 0 aliphatic heterocycles. The second kappa shape index (κ2) is 6.06. The Morgan fingerprint density at radius 1 is 1.46 bits per heavy atom. The van der Waals surface area contributed by atoms with E-state index >= 15 is 0 Å². The van der Waals surface area contributed by atoms with Crippen LogP contribution in [0.5, 0.6) is 0 Å². The van der Waals surface area contributed by atoms with Gasteiger partial charge < -0.3 is 0 Å². The normalized spacial score (nSPS) is 8.23. The van der Waals surface area contributed by atoms with Gasteiger partial charge in [0.1, 0.15) is 5.69 Å². The molecule has 0 aliphatic carbocycles. The van der Waals surface area contributed by atoms with Gasteiger partial charge in [-0.05, 0) is 19.7 Å². The summed E-state index contributed by atoms with van der Waals surface area (Å²) >= 11 is 0.